The molecular weight excluding hydrogens is 340 g/mol. The quantitative estimate of drug-likeness (QED) is 0.423. The van der Waals surface area contributed by atoms with E-state index < -0.39 is 10.0 Å². The van der Waals surface area contributed by atoms with Gasteiger partial charge < -0.3 is 15.0 Å². The predicted molar refractivity (Wildman–Crippen MR) is 99.3 cm³/mol. The molecule has 7 nitrogen and oxygen atoms in total. The summed E-state index contributed by atoms with van der Waals surface area (Å²) in [7, 11) is 0.218. The van der Waals surface area contributed by atoms with E-state index in [4.69, 9.17) is 4.74 Å². The van der Waals surface area contributed by atoms with E-state index in [0.29, 0.717) is 12.5 Å². The normalized spacial score (nSPS) is 18.4. The van der Waals surface area contributed by atoms with Crippen LogP contribution in [0.15, 0.2) is 34.2 Å². The summed E-state index contributed by atoms with van der Waals surface area (Å²) in [6.07, 6.45) is 1.07. The first-order valence-electron chi connectivity index (χ1n) is 8.48. The molecule has 0 saturated carbocycles. The van der Waals surface area contributed by atoms with Gasteiger partial charge in [-0.3, -0.25) is 4.99 Å². The molecule has 0 radical (unpaired) electrons. The highest BCUT2D eigenvalue weighted by atomic mass is 32.2. The van der Waals surface area contributed by atoms with E-state index in [-0.39, 0.29) is 11.4 Å². The molecule has 1 heterocycles. The van der Waals surface area contributed by atoms with Crippen LogP contribution in [0.2, 0.25) is 0 Å². The average molecular weight is 369 g/mol. The zero-order valence-electron chi connectivity index (χ0n) is 15.2. The Bertz CT molecular complexity index is 668. The number of guanidine groups is 1. The Labute approximate surface area is 150 Å². The van der Waals surface area contributed by atoms with E-state index in [1.54, 1.807) is 31.3 Å². The topological polar surface area (TPSA) is 83.0 Å². The van der Waals surface area contributed by atoms with Crippen LogP contribution in [0.3, 0.4) is 0 Å². The lowest BCUT2D eigenvalue weighted by Crippen LogP contribution is -2.44. The zero-order chi connectivity index (χ0) is 18.3. The Balaban J connectivity index is 1.77. The number of rotatable bonds is 7. The number of nitrogens with one attached hydrogen (secondary N) is 2. The lowest BCUT2D eigenvalue weighted by molar-refractivity contribution is 0.181. The van der Waals surface area contributed by atoms with Gasteiger partial charge in [-0.05, 0) is 25.5 Å². The maximum Gasteiger partial charge on any atom is 0.240 e. The maximum absolute atomic E-state index is 12.2. The van der Waals surface area contributed by atoms with Crippen LogP contribution >= 0.6 is 0 Å². The van der Waals surface area contributed by atoms with Crippen LogP contribution in [-0.2, 0) is 14.8 Å². The number of hydrogen-bond donors (Lipinski definition) is 2. The van der Waals surface area contributed by atoms with Crippen molar-refractivity contribution in [3.8, 4) is 0 Å². The molecule has 25 heavy (non-hydrogen) atoms. The summed E-state index contributed by atoms with van der Waals surface area (Å²) >= 11 is 0. The number of aliphatic imine (C=N–C) groups is 1. The average Bonchev–Trinajstić information content (AvgIpc) is 3.08. The lowest BCUT2D eigenvalue weighted by atomic mass is 10.1. The number of nitrogens with zero attached hydrogens (tertiary/aromatic N) is 2. The summed E-state index contributed by atoms with van der Waals surface area (Å²) in [4.78, 5) is 6.57. The van der Waals surface area contributed by atoms with E-state index in [2.05, 4.69) is 15.0 Å². The Morgan fingerprint density at radius 1 is 1.32 bits per heavy atom. The molecule has 0 amide bonds. The van der Waals surface area contributed by atoms with E-state index in [1.807, 2.05) is 18.9 Å². The van der Waals surface area contributed by atoms with Gasteiger partial charge in [-0.1, -0.05) is 17.7 Å². The molecule has 1 aliphatic rings. The van der Waals surface area contributed by atoms with Crippen molar-refractivity contribution in [2.75, 3.05) is 46.9 Å². The monoisotopic (exact) mass is 368 g/mol. The third-order valence-corrected chi connectivity index (χ3v) is 5.64. The summed E-state index contributed by atoms with van der Waals surface area (Å²) < 4.78 is 32.5. The molecule has 1 aromatic rings. The molecule has 0 aromatic heterocycles. The summed E-state index contributed by atoms with van der Waals surface area (Å²) in [5.74, 6) is 1.27. The molecule has 8 heteroatoms. The molecule has 1 unspecified atom stereocenters. The molecular formula is C17H28N4O3S. The number of benzene rings is 1. The van der Waals surface area contributed by atoms with Crippen LogP contribution < -0.4 is 10.0 Å². The molecule has 0 spiro atoms. The first kappa shape index (κ1) is 19.7. The van der Waals surface area contributed by atoms with Crippen LogP contribution in [0.25, 0.3) is 0 Å². The van der Waals surface area contributed by atoms with Gasteiger partial charge in [-0.25, -0.2) is 13.1 Å². The summed E-state index contributed by atoms with van der Waals surface area (Å²) in [5, 5.41) is 3.18. The number of ether oxygens (including phenoxy) is 1. The summed E-state index contributed by atoms with van der Waals surface area (Å²) in [6.45, 7) is 5.16. The molecule has 0 bridgehead atoms. The summed E-state index contributed by atoms with van der Waals surface area (Å²) in [5.41, 5.74) is 1.03. The van der Waals surface area contributed by atoms with Gasteiger partial charge in [-0.15, -0.1) is 0 Å². The minimum absolute atomic E-state index is 0.279. The first-order chi connectivity index (χ1) is 11.9. The number of aryl methyl sites for hydroxylation is 1. The third-order valence-electron chi connectivity index (χ3n) is 4.16. The first-order valence-corrected chi connectivity index (χ1v) is 9.96. The van der Waals surface area contributed by atoms with Gasteiger partial charge in [-0.2, -0.15) is 0 Å². The van der Waals surface area contributed by atoms with Gasteiger partial charge in [0.2, 0.25) is 10.0 Å². The van der Waals surface area contributed by atoms with E-state index in [9.17, 15) is 8.42 Å². The molecule has 0 aliphatic carbocycles. The van der Waals surface area contributed by atoms with Crippen molar-refractivity contribution in [2.45, 2.75) is 18.2 Å². The van der Waals surface area contributed by atoms with Crippen LogP contribution in [0.1, 0.15) is 12.0 Å². The van der Waals surface area contributed by atoms with Gasteiger partial charge >= 0.3 is 0 Å². The predicted octanol–water partition coefficient (Wildman–Crippen LogP) is 0.817. The molecule has 140 valence electrons. The van der Waals surface area contributed by atoms with Crippen molar-refractivity contribution < 1.29 is 13.2 Å². The van der Waals surface area contributed by atoms with Crippen molar-refractivity contribution in [3.63, 3.8) is 0 Å². The number of sulfonamides is 1. The van der Waals surface area contributed by atoms with Crippen molar-refractivity contribution in [1.82, 2.24) is 14.9 Å². The lowest BCUT2D eigenvalue weighted by Gasteiger charge is -2.24. The van der Waals surface area contributed by atoms with E-state index in [0.717, 1.165) is 37.7 Å². The van der Waals surface area contributed by atoms with Crippen LogP contribution in [0.5, 0.6) is 0 Å². The molecule has 1 saturated heterocycles. The van der Waals surface area contributed by atoms with E-state index >= 15 is 0 Å². The van der Waals surface area contributed by atoms with Gasteiger partial charge in [0.25, 0.3) is 0 Å². The largest absolute Gasteiger partial charge is 0.381 e. The minimum atomic E-state index is -3.48. The second-order valence-electron chi connectivity index (χ2n) is 6.29. The van der Waals surface area contributed by atoms with Gasteiger partial charge in [0.05, 0.1) is 11.5 Å². The minimum Gasteiger partial charge on any atom is -0.381 e. The highest BCUT2D eigenvalue weighted by Crippen LogP contribution is 2.13. The fourth-order valence-electron chi connectivity index (χ4n) is 2.75. The fraction of sp³-hybridized carbons (Fsp3) is 0.588. The van der Waals surface area contributed by atoms with Crippen LogP contribution in [0, 0.1) is 12.8 Å². The smallest absolute Gasteiger partial charge is 0.240 e. The zero-order valence-corrected chi connectivity index (χ0v) is 16.0. The van der Waals surface area contributed by atoms with Crippen LogP contribution in [0.4, 0.5) is 0 Å². The molecule has 1 aromatic carbocycles. The molecule has 1 aliphatic heterocycles. The van der Waals surface area contributed by atoms with Crippen molar-refractivity contribution in [3.05, 3.63) is 29.8 Å². The van der Waals surface area contributed by atoms with Crippen molar-refractivity contribution in [2.24, 2.45) is 10.9 Å². The molecule has 2 N–H and O–H groups in total. The van der Waals surface area contributed by atoms with E-state index in [1.165, 1.54) is 0 Å². The van der Waals surface area contributed by atoms with Crippen LogP contribution in [-0.4, -0.2) is 66.2 Å². The molecule has 2 rings (SSSR count). The van der Waals surface area contributed by atoms with Gasteiger partial charge in [0.1, 0.15) is 0 Å². The van der Waals surface area contributed by atoms with Gasteiger partial charge in [0, 0.05) is 46.3 Å². The standard InChI is InChI=1S/C17H28N4O3S/c1-14-4-6-16(7-5-14)25(22,23)20-10-9-19-17(18-2)21(3)12-15-8-11-24-13-15/h4-7,15,20H,8-13H2,1-3H3,(H,18,19). The Hall–Kier alpha value is -1.64. The highest BCUT2D eigenvalue weighted by molar-refractivity contribution is 7.89. The SMILES string of the molecule is CN=C(NCCNS(=O)(=O)c1ccc(C)cc1)N(C)CC1CCOC1. The second-order valence-corrected chi connectivity index (χ2v) is 8.06. The highest BCUT2D eigenvalue weighted by Gasteiger charge is 2.19. The maximum atomic E-state index is 12.2. The van der Waals surface area contributed by atoms with Crippen molar-refractivity contribution in [1.29, 1.82) is 0 Å². The Kier molecular flexibility index (Phi) is 7.22. The van der Waals surface area contributed by atoms with Crippen molar-refractivity contribution >= 4 is 16.0 Å². The third kappa shape index (κ3) is 5.98. The van der Waals surface area contributed by atoms with Gasteiger partial charge in [0.15, 0.2) is 5.96 Å². The second kappa shape index (κ2) is 9.17. The Morgan fingerprint density at radius 2 is 2.04 bits per heavy atom. The number of hydrogen-bond acceptors (Lipinski definition) is 4. The molecule has 1 fully saturated rings. The fourth-order valence-corrected chi connectivity index (χ4v) is 3.78. The Morgan fingerprint density at radius 3 is 2.64 bits per heavy atom. The summed E-state index contributed by atoms with van der Waals surface area (Å²) in [6, 6.07) is 6.80. The molecule has 1 atom stereocenters.